The van der Waals surface area contributed by atoms with Gasteiger partial charge in [0, 0.05) is 18.0 Å². The maximum absolute atomic E-state index is 6.10. The van der Waals surface area contributed by atoms with Gasteiger partial charge in [0.25, 0.3) is 0 Å². The molecule has 0 amide bonds. The number of methoxy groups -OCH3 is 1. The van der Waals surface area contributed by atoms with E-state index in [2.05, 4.69) is 5.32 Å². The molecule has 3 nitrogen and oxygen atoms in total. The van der Waals surface area contributed by atoms with Crippen LogP contribution in [-0.4, -0.2) is 26.5 Å². The topological polar surface area (TPSA) is 30.5 Å². The average Bonchev–Trinajstić information content (AvgIpc) is 2.74. The van der Waals surface area contributed by atoms with Crippen molar-refractivity contribution < 1.29 is 9.47 Å². The molecule has 1 unspecified atom stereocenters. The summed E-state index contributed by atoms with van der Waals surface area (Å²) in [4.78, 5) is 0. The van der Waals surface area contributed by atoms with Crippen molar-refractivity contribution in [2.75, 3.05) is 20.4 Å². The van der Waals surface area contributed by atoms with Crippen LogP contribution in [0.1, 0.15) is 5.56 Å². The van der Waals surface area contributed by atoms with E-state index in [9.17, 15) is 0 Å². The van der Waals surface area contributed by atoms with Crippen molar-refractivity contribution in [3.8, 4) is 5.75 Å². The molecule has 82 valence electrons. The summed E-state index contributed by atoms with van der Waals surface area (Å²) in [6.45, 7) is 1.51. The molecule has 1 aromatic rings. The predicted molar refractivity (Wildman–Crippen MR) is 59.5 cm³/mol. The van der Waals surface area contributed by atoms with E-state index in [-0.39, 0.29) is 6.10 Å². The largest absolute Gasteiger partial charge is 0.497 e. The number of hydrogen-bond donors (Lipinski definition) is 1. The van der Waals surface area contributed by atoms with E-state index in [1.807, 2.05) is 18.2 Å². The monoisotopic (exact) mass is 227 g/mol. The van der Waals surface area contributed by atoms with Crippen LogP contribution in [0.5, 0.6) is 5.75 Å². The number of benzene rings is 1. The van der Waals surface area contributed by atoms with Crippen LogP contribution in [0, 0.1) is 0 Å². The summed E-state index contributed by atoms with van der Waals surface area (Å²) < 4.78 is 10.6. The first-order chi connectivity index (χ1) is 7.29. The first-order valence-corrected chi connectivity index (χ1v) is 5.32. The van der Waals surface area contributed by atoms with Gasteiger partial charge in [-0.2, -0.15) is 0 Å². The molecule has 1 aliphatic rings. The van der Waals surface area contributed by atoms with E-state index in [1.165, 1.54) is 0 Å². The first-order valence-electron chi connectivity index (χ1n) is 4.94. The van der Waals surface area contributed by atoms with Gasteiger partial charge in [-0.25, -0.2) is 0 Å². The fraction of sp³-hybridized carbons (Fsp3) is 0.455. The third-order valence-corrected chi connectivity index (χ3v) is 2.86. The van der Waals surface area contributed by atoms with Crippen molar-refractivity contribution in [1.29, 1.82) is 0 Å². The number of hydrogen-bond acceptors (Lipinski definition) is 3. The Balaban J connectivity index is 2.11. The Bertz CT molecular complexity index is 337. The first kappa shape index (κ1) is 10.7. The van der Waals surface area contributed by atoms with Crippen molar-refractivity contribution in [2.24, 2.45) is 0 Å². The van der Waals surface area contributed by atoms with Crippen LogP contribution in [-0.2, 0) is 11.2 Å². The Morgan fingerprint density at radius 2 is 2.47 bits per heavy atom. The average molecular weight is 228 g/mol. The lowest BCUT2D eigenvalue weighted by molar-refractivity contribution is 0.113. The fourth-order valence-electron chi connectivity index (χ4n) is 1.67. The van der Waals surface area contributed by atoms with Crippen LogP contribution in [0.15, 0.2) is 18.2 Å². The molecule has 0 bridgehead atoms. The maximum atomic E-state index is 6.10. The van der Waals surface area contributed by atoms with Crippen molar-refractivity contribution in [1.82, 2.24) is 5.32 Å². The predicted octanol–water partition coefficient (Wildman–Crippen LogP) is 1.84. The van der Waals surface area contributed by atoms with Crippen molar-refractivity contribution in [3.63, 3.8) is 0 Å². The van der Waals surface area contributed by atoms with Gasteiger partial charge in [-0.15, -0.1) is 0 Å². The second kappa shape index (κ2) is 4.84. The highest BCUT2D eigenvalue weighted by Gasteiger charge is 2.16. The molecule has 1 atom stereocenters. The molecule has 4 heteroatoms. The molecule has 1 aromatic carbocycles. The smallest absolute Gasteiger partial charge is 0.119 e. The second-order valence-corrected chi connectivity index (χ2v) is 3.96. The fourth-order valence-corrected chi connectivity index (χ4v) is 1.86. The molecule has 1 N–H and O–H groups in total. The second-order valence-electron chi connectivity index (χ2n) is 3.55. The van der Waals surface area contributed by atoms with Gasteiger partial charge in [0.2, 0.25) is 0 Å². The molecule has 1 saturated heterocycles. The third-order valence-electron chi connectivity index (χ3n) is 2.49. The minimum Gasteiger partial charge on any atom is -0.497 e. The summed E-state index contributed by atoms with van der Waals surface area (Å²) in [7, 11) is 1.65. The lowest BCUT2D eigenvalue weighted by Gasteiger charge is -2.11. The molecule has 0 saturated carbocycles. The minimum atomic E-state index is 0.217. The molecular weight excluding hydrogens is 214 g/mol. The van der Waals surface area contributed by atoms with Gasteiger partial charge in [-0.05, 0) is 23.8 Å². The van der Waals surface area contributed by atoms with Crippen LogP contribution in [0.2, 0.25) is 5.02 Å². The van der Waals surface area contributed by atoms with Gasteiger partial charge in [0.05, 0.1) is 19.9 Å². The van der Waals surface area contributed by atoms with Gasteiger partial charge in [0.1, 0.15) is 5.75 Å². The van der Waals surface area contributed by atoms with E-state index in [1.54, 1.807) is 7.11 Å². The van der Waals surface area contributed by atoms with Gasteiger partial charge in [-0.3, -0.25) is 5.32 Å². The Kier molecular flexibility index (Phi) is 3.46. The van der Waals surface area contributed by atoms with Crippen LogP contribution in [0.4, 0.5) is 0 Å². The number of ether oxygens (including phenoxy) is 2. The molecular formula is C11H14ClNO2. The summed E-state index contributed by atoms with van der Waals surface area (Å²) in [5, 5.41) is 3.91. The highest BCUT2D eigenvalue weighted by atomic mass is 35.5. The van der Waals surface area contributed by atoms with E-state index in [0.29, 0.717) is 6.73 Å². The Morgan fingerprint density at radius 1 is 1.60 bits per heavy atom. The molecule has 0 aromatic heterocycles. The standard InChI is InChI=1S/C11H14ClNO2/c1-14-9-2-3-11(12)8(4-9)5-10-6-13-7-15-10/h2-4,10,13H,5-7H2,1H3. The maximum Gasteiger partial charge on any atom is 0.119 e. The molecule has 15 heavy (non-hydrogen) atoms. The lowest BCUT2D eigenvalue weighted by atomic mass is 10.1. The minimum absolute atomic E-state index is 0.217. The summed E-state index contributed by atoms with van der Waals surface area (Å²) >= 11 is 6.10. The summed E-state index contributed by atoms with van der Waals surface area (Å²) in [6, 6.07) is 5.68. The van der Waals surface area contributed by atoms with E-state index in [4.69, 9.17) is 21.1 Å². The lowest BCUT2D eigenvalue weighted by Crippen LogP contribution is -2.16. The number of rotatable bonds is 3. The number of nitrogens with one attached hydrogen (secondary N) is 1. The SMILES string of the molecule is COc1ccc(Cl)c(CC2CNCO2)c1. The third kappa shape index (κ3) is 2.62. The highest BCUT2D eigenvalue weighted by molar-refractivity contribution is 6.31. The number of halogens is 1. The summed E-state index contributed by atoms with van der Waals surface area (Å²) in [6.07, 6.45) is 1.04. The zero-order valence-corrected chi connectivity index (χ0v) is 9.38. The van der Waals surface area contributed by atoms with Crippen LogP contribution in [0.3, 0.4) is 0 Å². The van der Waals surface area contributed by atoms with Crippen LogP contribution in [0.25, 0.3) is 0 Å². The Morgan fingerprint density at radius 3 is 3.13 bits per heavy atom. The Hall–Kier alpha value is -0.770. The normalized spacial score (nSPS) is 20.5. The molecule has 1 aliphatic heterocycles. The van der Waals surface area contributed by atoms with Crippen LogP contribution < -0.4 is 10.1 Å². The summed E-state index contributed by atoms with van der Waals surface area (Å²) in [5.41, 5.74) is 1.07. The van der Waals surface area contributed by atoms with E-state index >= 15 is 0 Å². The quantitative estimate of drug-likeness (QED) is 0.855. The molecule has 2 rings (SSSR count). The summed E-state index contributed by atoms with van der Waals surface area (Å²) in [5.74, 6) is 0.834. The van der Waals surface area contributed by atoms with Crippen molar-refractivity contribution >= 4 is 11.6 Å². The molecule has 0 radical (unpaired) electrons. The zero-order valence-electron chi connectivity index (χ0n) is 8.63. The molecule has 1 heterocycles. The Labute approximate surface area is 94.3 Å². The van der Waals surface area contributed by atoms with Crippen LogP contribution >= 0.6 is 11.6 Å². The van der Waals surface area contributed by atoms with Gasteiger partial charge in [-0.1, -0.05) is 11.6 Å². The van der Waals surface area contributed by atoms with Crippen molar-refractivity contribution in [2.45, 2.75) is 12.5 Å². The van der Waals surface area contributed by atoms with Gasteiger partial charge >= 0.3 is 0 Å². The molecule has 0 spiro atoms. The van der Waals surface area contributed by atoms with E-state index in [0.717, 1.165) is 29.3 Å². The van der Waals surface area contributed by atoms with Gasteiger partial charge in [0.15, 0.2) is 0 Å². The molecule has 0 aliphatic carbocycles. The highest BCUT2D eigenvalue weighted by Crippen LogP contribution is 2.24. The van der Waals surface area contributed by atoms with Gasteiger partial charge < -0.3 is 9.47 Å². The molecule has 1 fully saturated rings. The van der Waals surface area contributed by atoms with Crippen molar-refractivity contribution in [3.05, 3.63) is 28.8 Å². The zero-order chi connectivity index (χ0) is 10.7. The van der Waals surface area contributed by atoms with E-state index < -0.39 is 0 Å².